The first-order valence-corrected chi connectivity index (χ1v) is 10.0. The number of amides is 1. The van der Waals surface area contributed by atoms with Crippen molar-refractivity contribution in [3.8, 4) is 11.5 Å². The second-order valence-electron chi connectivity index (χ2n) is 6.27. The van der Waals surface area contributed by atoms with E-state index < -0.39 is 0 Å². The quantitative estimate of drug-likeness (QED) is 0.510. The SMILES string of the molecule is CCOc1ccc(C=C2SC(=S)N(c3ccc(N(C)C)cc3)C2=O)cc1OC. The standard InChI is InChI=1S/C21H22N2O3S2/c1-5-26-17-11-6-14(12-18(17)25-4)13-19-20(24)23(21(27)28-19)16-9-7-15(8-10-16)22(2)3/h6-13H,5H2,1-4H3. The number of nitrogens with zero attached hydrogens (tertiary/aromatic N) is 2. The average Bonchev–Trinajstić information content (AvgIpc) is 2.96. The fourth-order valence-corrected chi connectivity index (χ4v) is 4.09. The molecule has 7 heteroatoms. The van der Waals surface area contributed by atoms with Crippen LogP contribution in [0.5, 0.6) is 11.5 Å². The zero-order chi connectivity index (χ0) is 20.3. The first-order valence-electron chi connectivity index (χ1n) is 8.80. The van der Waals surface area contributed by atoms with Gasteiger partial charge in [-0.05, 0) is 55.0 Å². The summed E-state index contributed by atoms with van der Waals surface area (Å²) in [5.74, 6) is 1.18. The highest BCUT2D eigenvalue weighted by molar-refractivity contribution is 8.27. The largest absolute Gasteiger partial charge is 0.493 e. The molecule has 1 amide bonds. The third kappa shape index (κ3) is 4.15. The first-order chi connectivity index (χ1) is 13.4. The number of benzene rings is 2. The fraction of sp³-hybridized carbons (Fsp3) is 0.238. The Kier molecular flexibility index (Phi) is 6.26. The summed E-state index contributed by atoms with van der Waals surface area (Å²) in [4.78, 5) is 17.1. The monoisotopic (exact) mass is 414 g/mol. The Morgan fingerprint density at radius 1 is 1.14 bits per heavy atom. The number of rotatable bonds is 6. The van der Waals surface area contributed by atoms with Crippen molar-refractivity contribution < 1.29 is 14.3 Å². The van der Waals surface area contributed by atoms with Gasteiger partial charge < -0.3 is 14.4 Å². The molecule has 1 heterocycles. The minimum absolute atomic E-state index is 0.125. The Morgan fingerprint density at radius 3 is 2.46 bits per heavy atom. The smallest absolute Gasteiger partial charge is 0.270 e. The second kappa shape index (κ2) is 8.67. The fourth-order valence-electron chi connectivity index (χ4n) is 2.79. The molecule has 0 radical (unpaired) electrons. The van der Waals surface area contributed by atoms with Crippen molar-refractivity contribution in [1.82, 2.24) is 0 Å². The van der Waals surface area contributed by atoms with Gasteiger partial charge in [-0.15, -0.1) is 0 Å². The molecule has 0 bridgehead atoms. The minimum atomic E-state index is -0.125. The maximum absolute atomic E-state index is 12.9. The number of methoxy groups -OCH3 is 1. The lowest BCUT2D eigenvalue weighted by atomic mass is 10.1. The van der Waals surface area contributed by atoms with Crippen molar-refractivity contribution >= 4 is 51.7 Å². The molecule has 0 unspecified atom stereocenters. The highest BCUT2D eigenvalue weighted by atomic mass is 32.2. The molecule has 0 atom stereocenters. The zero-order valence-electron chi connectivity index (χ0n) is 16.3. The number of anilines is 2. The van der Waals surface area contributed by atoms with Gasteiger partial charge in [0.25, 0.3) is 5.91 Å². The Balaban J connectivity index is 1.86. The van der Waals surface area contributed by atoms with E-state index >= 15 is 0 Å². The molecule has 2 aromatic carbocycles. The molecule has 1 aliphatic heterocycles. The van der Waals surface area contributed by atoms with Gasteiger partial charge in [0, 0.05) is 19.8 Å². The summed E-state index contributed by atoms with van der Waals surface area (Å²) in [6.07, 6.45) is 1.83. The Bertz CT molecular complexity index is 924. The van der Waals surface area contributed by atoms with E-state index in [1.165, 1.54) is 11.8 Å². The van der Waals surface area contributed by atoms with Crippen LogP contribution in [0.4, 0.5) is 11.4 Å². The number of hydrogen-bond donors (Lipinski definition) is 0. The van der Waals surface area contributed by atoms with E-state index in [1.807, 2.05) is 74.5 Å². The molecule has 146 valence electrons. The highest BCUT2D eigenvalue weighted by Gasteiger charge is 2.33. The number of carbonyl (C=O) groups is 1. The number of thioether (sulfide) groups is 1. The lowest BCUT2D eigenvalue weighted by Gasteiger charge is -2.17. The molecule has 1 fully saturated rings. The average molecular weight is 415 g/mol. The summed E-state index contributed by atoms with van der Waals surface area (Å²) in [7, 11) is 5.55. The maximum Gasteiger partial charge on any atom is 0.270 e. The maximum atomic E-state index is 12.9. The Hall–Kier alpha value is -2.51. The molecule has 1 saturated heterocycles. The van der Waals surface area contributed by atoms with Crippen molar-refractivity contribution in [2.24, 2.45) is 0 Å². The van der Waals surface area contributed by atoms with Crippen LogP contribution in [-0.2, 0) is 4.79 Å². The van der Waals surface area contributed by atoms with Gasteiger partial charge in [-0.2, -0.15) is 0 Å². The molecule has 3 rings (SSSR count). The van der Waals surface area contributed by atoms with Crippen LogP contribution in [0.1, 0.15) is 12.5 Å². The van der Waals surface area contributed by atoms with Crippen molar-refractivity contribution in [2.45, 2.75) is 6.92 Å². The summed E-state index contributed by atoms with van der Waals surface area (Å²) >= 11 is 6.75. The van der Waals surface area contributed by atoms with Crippen LogP contribution in [0.25, 0.3) is 6.08 Å². The lowest BCUT2D eigenvalue weighted by molar-refractivity contribution is -0.113. The van der Waals surface area contributed by atoms with Gasteiger partial charge in [-0.1, -0.05) is 30.0 Å². The summed E-state index contributed by atoms with van der Waals surface area (Å²) < 4.78 is 11.4. The van der Waals surface area contributed by atoms with Crippen LogP contribution in [0.3, 0.4) is 0 Å². The molecule has 0 N–H and O–H groups in total. The number of ether oxygens (including phenoxy) is 2. The topological polar surface area (TPSA) is 42.0 Å². The van der Waals surface area contributed by atoms with Gasteiger partial charge in [0.05, 0.1) is 24.3 Å². The van der Waals surface area contributed by atoms with Gasteiger partial charge in [0.15, 0.2) is 15.8 Å². The van der Waals surface area contributed by atoms with Gasteiger partial charge >= 0.3 is 0 Å². The van der Waals surface area contributed by atoms with E-state index in [9.17, 15) is 4.79 Å². The van der Waals surface area contributed by atoms with Crippen LogP contribution in [0.2, 0.25) is 0 Å². The van der Waals surface area contributed by atoms with E-state index in [2.05, 4.69) is 0 Å². The molecule has 0 aromatic heterocycles. The summed E-state index contributed by atoms with van der Waals surface area (Å²) in [6.45, 7) is 2.48. The van der Waals surface area contributed by atoms with Gasteiger partial charge in [-0.3, -0.25) is 9.69 Å². The van der Waals surface area contributed by atoms with Crippen LogP contribution >= 0.6 is 24.0 Å². The van der Waals surface area contributed by atoms with Crippen molar-refractivity contribution in [2.75, 3.05) is 37.6 Å². The molecule has 0 spiro atoms. The number of thiocarbonyl (C=S) groups is 1. The second-order valence-corrected chi connectivity index (χ2v) is 7.95. The Labute approximate surface area is 174 Å². The molecule has 0 saturated carbocycles. The van der Waals surface area contributed by atoms with E-state index in [1.54, 1.807) is 12.0 Å². The van der Waals surface area contributed by atoms with Crippen molar-refractivity contribution in [3.05, 3.63) is 52.9 Å². The van der Waals surface area contributed by atoms with Gasteiger partial charge in [0.1, 0.15) is 0 Å². The molecule has 1 aliphatic rings. The van der Waals surface area contributed by atoms with Crippen LogP contribution in [-0.4, -0.2) is 38.0 Å². The summed E-state index contributed by atoms with van der Waals surface area (Å²) in [5, 5.41) is 0. The van der Waals surface area contributed by atoms with Gasteiger partial charge in [0.2, 0.25) is 0 Å². The summed E-state index contributed by atoms with van der Waals surface area (Å²) in [5.41, 5.74) is 2.68. The van der Waals surface area contributed by atoms with Gasteiger partial charge in [-0.25, -0.2) is 0 Å². The number of hydrogen-bond acceptors (Lipinski definition) is 6. The van der Waals surface area contributed by atoms with Crippen molar-refractivity contribution in [3.63, 3.8) is 0 Å². The van der Waals surface area contributed by atoms with E-state index in [-0.39, 0.29) is 5.91 Å². The zero-order valence-corrected chi connectivity index (χ0v) is 17.9. The van der Waals surface area contributed by atoms with E-state index in [0.29, 0.717) is 27.3 Å². The minimum Gasteiger partial charge on any atom is -0.493 e. The highest BCUT2D eigenvalue weighted by Crippen LogP contribution is 2.37. The Morgan fingerprint density at radius 2 is 1.86 bits per heavy atom. The molecular weight excluding hydrogens is 392 g/mol. The van der Waals surface area contributed by atoms with E-state index in [4.69, 9.17) is 21.7 Å². The van der Waals surface area contributed by atoms with Crippen LogP contribution in [0.15, 0.2) is 47.4 Å². The normalized spacial score (nSPS) is 15.3. The molecular formula is C21H22N2O3S2. The number of carbonyl (C=O) groups excluding carboxylic acids is 1. The predicted molar refractivity (Wildman–Crippen MR) is 121 cm³/mol. The van der Waals surface area contributed by atoms with Crippen molar-refractivity contribution in [1.29, 1.82) is 0 Å². The molecule has 28 heavy (non-hydrogen) atoms. The van der Waals surface area contributed by atoms with Crippen LogP contribution in [0, 0.1) is 0 Å². The predicted octanol–water partition coefficient (Wildman–Crippen LogP) is 4.57. The molecule has 0 aliphatic carbocycles. The lowest BCUT2D eigenvalue weighted by Crippen LogP contribution is -2.27. The first kappa shape index (κ1) is 20.2. The van der Waals surface area contributed by atoms with E-state index in [0.717, 1.165) is 16.9 Å². The summed E-state index contributed by atoms with van der Waals surface area (Å²) in [6, 6.07) is 13.3. The molecule has 5 nitrogen and oxygen atoms in total. The third-order valence-electron chi connectivity index (χ3n) is 4.20. The third-order valence-corrected chi connectivity index (χ3v) is 5.51. The molecule has 2 aromatic rings. The van der Waals surface area contributed by atoms with Crippen LogP contribution < -0.4 is 19.3 Å².